The lowest BCUT2D eigenvalue weighted by Crippen LogP contribution is -2.37. The van der Waals surface area contributed by atoms with E-state index in [1.165, 1.54) is 5.56 Å². The zero-order valence-corrected chi connectivity index (χ0v) is 11.9. The maximum Gasteiger partial charge on any atom is 0.212 e. The van der Waals surface area contributed by atoms with Gasteiger partial charge in [0, 0.05) is 18.3 Å². The third-order valence-corrected chi connectivity index (χ3v) is 2.97. The van der Waals surface area contributed by atoms with Crippen LogP contribution in [0.2, 0.25) is 0 Å². The number of rotatable bonds is 6. The molecule has 0 radical (unpaired) electrons. The smallest absolute Gasteiger partial charge is 0.212 e. The molecule has 3 N–H and O–H groups in total. The molecule has 0 aliphatic rings. The highest BCUT2D eigenvalue weighted by Gasteiger charge is 2.15. The van der Waals surface area contributed by atoms with Gasteiger partial charge in [0.25, 0.3) is 0 Å². The first-order chi connectivity index (χ1) is 8.44. The van der Waals surface area contributed by atoms with Crippen LogP contribution in [-0.2, 0) is 6.42 Å². The second-order valence-electron chi connectivity index (χ2n) is 5.88. The van der Waals surface area contributed by atoms with Crippen LogP contribution in [0, 0.1) is 5.41 Å². The van der Waals surface area contributed by atoms with Gasteiger partial charge in [0.15, 0.2) is 0 Å². The van der Waals surface area contributed by atoms with Gasteiger partial charge in [-0.25, -0.2) is 4.98 Å². The molecule has 4 heteroatoms. The zero-order valence-electron chi connectivity index (χ0n) is 11.9. The van der Waals surface area contributed by atoms with E-state index in [1.54, 1.807) is 7.11 Å². The first kappa shape index (κ1) is 14.9. The van der Waals surface area contributed by atoms with Gasteiger partial charge in [-0.2, -0.15) is 0 Å². The Labute approximate surface area is 110 Å². The normalized spacial score (nSPS) is 13.4. The molecule has 4 nitrogen and oxygen atoms in total. The maximum atomic E-state index is 5.61. The molecule has 0 spiro atoms. The number of hydrazine groups is 1. The SMILES string of the molecule is COc1ccc(CC(CCC(C)(C)C)NN)cn1. The van der Waals surface area contributed by atoms with Gasteiger partial charge in [-0.15, -0.1) is 0 Å². The molecular formula is C14H25N3O. The van der Waals surface area contributed by atoms with Crippen LogP contribution >= 0.6 is 0 Å². The third-order valence-electron chi connectivity index (χ3n) is 2.97. The van der Waals surface area contributed by atoms with E-state index < -0.39 is 0 Å². The van der Waals surface area contributed by atoms with Gasteiger partial charge in [0.05, 0.1) is 7.11 Å². The minimum absolute atomic E-state index is 0.291. The maximum absolute atomic E-state index is 5.61. The molecule has 0 saturated heterocycles. The van der Waals surface area contributed by atoms with Crippen LogP contribution in [0.4, 0.5) is 0 Å². The minimum Gasteiger partial charge on any atom is -0.481 e. The van der Waals surface area contributed by atoms with Crippen LogP contribution in [-0.4, -0.2) is 18.1 Å². The molecule has 1 heterocycles. The van der Waals surface area contributed by atoms with Crippen LogP contribution in [0.5, 0.6) is 5.88 Å². The highest BCUT2D eigenvalue weighted by Crippen LogP contribution is 2.22. The Bertz CT molecular complexity index is 343. The van der Waals surface area contributed by atoms with Gasteiger partial charge >= 0.3 is 0 Å². The molecule has 18 heavy (non-hydrogen) atoms. The van der Waals surface area contributed by atoms with E-state index in [0.717, 1.165) is 19.3 Å². The van der Waals surface area contributed by atoms with E-state index >= 15 is 0 Å². The number of aromatic nitrogens is 1. The van der Waals surface area contributed by atoms with Gasteiger partial charge in [-0.05, 0) is 30.2 Å². The van der Waals surface area contributed by atoms with Gasteiger partial charge in [-0.1, -0.05) is 26.8 Å². The number of ether oxygens (including phenoxy) is 1. The first-order valence-corrected chi connectivity index (χ1v) is 6.39. The van der Waals surface area contributed by atoms with E-state index in [0.29, 0.717) is 17.3 Å². The predicted molar refractivity (Wildman–Crippen MR) is 74.3 cm³/mol. The fourth-order valence-electron chi connectivity index (χ4n) is 1.79. The summed E-state index contributed by atoms with van der Waals surface area (Å²) < 4.78 is 5.04. The van der Waals surface area contributed by atoms with Crippen LogP contribution in [0.25, 0.3) is 0 Å². The monoisotopic (exact) mass is 251 g/mol. The Morgan fingerprint density at radius 3 is 2.56 bits per heavy atom. The third kappa shape index (κ3) is 5.47. The molecule has 1 aromatic heterocycles. The highest BCUT2D eigenvalue weighted by atomic mass is 16.5. The van der Waals surface area contributed by atoms with Gasteiger partial charge in [-0.3, -0.25) is 11.3 Å². The number of pyridine rings is 1. The largest absolute Gasteiger partial charge is 0.481 e. The van der Waals surface area contributed by atoms with E-state index in [-0.39, 0.29) is 0 Å². The lowest BCUT2D eigenvalue weighted by Gasteiger charge is -2.22. The van der Waals surface area contributed by atoms with E-state index in [9.17, 15) is 0 Å². The van der Waals surface area contributed by atoms with E-state index in [4.69, 9.17) is 10.6 Å². The van der Waals surface area contributed by atoms with Crippen LogP contribution in [0.15, 0.2) is 18.3 Å². The van der Waals surface area contributed by atoms with Gasteiger partial charge < -0.3 is 4.74 Å². The number of methoxy groups -OCH3 is 1. The van der Waals surface area contributed by atoms with Crippen molar-refractivity contribution in [2.24, 2.45) is 11.3 Å². The second kappa shape index (κ2) is 6.71. The van der Waals surface area contributed by atoms with Crippen LogP contribution in [0.1, 0.15) is 39.2 Å². The lowest BCUT2D eigenvalue weighted by molar-refractivity contribution is 0.329. The molecule has 0 amide bonds. The molecule has 0 aromatic carbocycles. The van der Waals surface area contributed by atoms with Crippen molar-refractivity contribution >= 4 is 0 Å². The summed E-state index contributed by atoms with van der Waals surface area (Å²) in [5, 5.41) is 0. The number of hydrogen-bond donors (Lipinski definition) is 2. The summed E-state index contributed by atoms with van der Waals surface area (Å²) in [6, 6.07) is 4.21. The topological polar surface area (TPSA) is 60.2 Å². The van der Waals surface area contributed by atoms with Crippen molar-refractivity contribution in [3.05, 3.63) is 23.9 Å². The average molecular weight is 251 g/mol. The summed E-state index contributed by atoms with van der Waals surface area (Å²) in [7, 11) is 1.62. The molecule has 1 rings (SSSR count). The molecular weight excluding hydrogens is 226 g/mol. The molecule has 1 unspecified atom stereocenters. The Hall–Kier alpha value is -1.13. The number of hydrogen-bond acceptors (Lipinski definition) is 4. The Morgan fingerprint density at radius 1 is 1.39 bits per heavy atom. The first-order valence-electron chi connectivity index (χ1n) is 6.39. The van der Waals surface area contributed by atoms with Gasteiger partial charge in [0.2, 0.25) is 5.88 Å². The predicted octanol–water partition coefficient (Wildman–Crippen LogP) is 2.29. The van der Waals surface area contributed by atoms with Crippen molar-refractivity contribution < 1.29 is 4.74 Å². The quantitative estimate of drug-likeness (QED) is 0.601. The zero-order chi connectivity index (χ0) is 13.6. The summed E-state index contributed by atoms with van der Waals surface area (Å²) >= 11 is 0. The summed E-state index contributed by atoms with van der Waals surface area (Å²) in [6.45, 7) is 6.74. The Kier molecular flexibility index (Phi) is 5.56. The van der Waals surface area contributed by atoms with Gasteiger partial charge in [0.1, 0.15) is 0 Å². The highest BCUT2D eigenvalue weighted by molar-refractivity contribution is 5.18. The van der Waals surface area contributed by atoms with Crippen molar-refractivity contribution in [2.75, 3.05) is 7.11 Å². The summed E-state index contributed by atoms with van der Waals surface area (Å²) in [5.74, 6) is 6.26. The molecule has 0 bridgehead atoms. The van der Waals surface area contributed by atoms with E-state index in [1.807, 2.05) is 18.3 Å². The number of nitrogens with two attached hydrogens (primary N) is 1. The number of nitrogens with one attached hydrogen (secondary N) is 1. The van der Waals surface area contributed by atoms with Crippen molar-refractivity contribution in [2.45, 2.75) is 46.1 Å². The second-order valence-corrected chi connectivity index (χ2v) is 5.88. The van der Waals surface area contributed by atoms with Crippen molar-refractivity contribution in [1.29, 1.82) is 0 Å². The standard InChI is InChI=1S/C14H25N3O/c1-14(2,3)8-7-12(17-15)9-11-5-6-13(18-4)16-10-11/h5-6,10,12,17H,7-9,15H2,1-4H3. The van der Waals surface area contributed by atoms with Crippen molar-refractivity contribution in [3.8, 4) is 5.88 Å². The number of nitrogens with zero attached hydrogens (tertiary/aromatic N) is 1. The van der Waals surface area contributed by atoms with Crippen molar-refractivity contribution in [1.82, 2.24) is 10.4 Å². The Balaban J connectivity index is 2.51. The molecule has 0 fully saturated rings. The minimum atomic E-state index is 0.291. The molecule has 1 atom stereocenters. The lowest BCUT2D eigenvalue weighted by atomic mass is 9.87. The van der Waals surface area contributed by atoms with Crippen LogP contribution < -0.4 is 16.0 Å². The molecule has 102 valence electrons. The summed E-state index contributed by atoms with van der Waals surface area (Å²) in [4.78, 5) is 4.20. The molecule has 1 aromatic rings. The average Bonchev–Trinajstić information content (AvgIpc) is 2.34. The fourth-order valence-corrected chi connectivity index (χ4v) is 1.79. The summed E-state index contributed by atoms with van der Waals surface area (Å²) in [5.41, 5.74) is 4.41. The van der Waals surface area contributed by atoms with Crippen molar-refractivity contribution in [3.63, 3.8) is 0 Å². The molecule has 0 aliphatic heterocycles. The van der Waals surface area contributed by atoms with Crippen LogP contribution in [0.3, 0.4) is 0 Å². The molecule has 0 aliphatic carbocycles. The fraction of sp³-hybridized carbons (Fsp3) is 0.643. The summed E-state index contributed by atoms with van der Waals surface area (Å²) in [6.07, 6.45) is 4.95. The molecule has 0 saturated carbocycles. The van der Waals surface area contributed by atoms with E-state index in [2.05, 4.69) is 31.2 Å². The Morgan fingerprint density at radius 2 is 2.11 bits per heavy atom.